The Morgan fingerprint density at radius 3 is 2.70 bits per heavy atom. The lowest BCUT2D eigenvalue weighted by Gasteiger charge is -2.35. The summed E-state index contributed by atoms with van der Waals surface area (Å²) >= 11 is 0. The second-order valence-corrected chi connectivity index (χ2v) is 7.26. The van der Waals surface area contributed by atoms with Gasteiger partial charge in [-0.15, -0.1) is 0 Å². The topological polar surface area (TPSA) is 93.9 Å². The molecule has 6 heteroatoms. The number of likely N-dealkylation sites (N-methyl/N-ethyl adjacent to an activating group) is 1. The lowest BCUT2D eigenvalue weighted by molar-refractivity contribution is -0.129. The molecule has 0 saturated carbocycles. The molecule has 1 spiro atoms. The van der Waals surface area contributed by atoms with Crippen LogP contribution in [0.15, 0.2) is 59.5 Å². The van der Waals surface area contributed by atoms with Crippen molar-refractivity contribution in [1.82, 2.24) is 4.90 Å². The Bertz CT molecular complexity index is 882. The van der Waals surface area contributed by atoms with E-state index in [1.54, 1.807) is 19.2 Å². The molecule has 6 nitrogen and oxygen atoms in total. The van der Waals surface area contributed by atoms with Crippen LogP contribution in [-0.4, -0.2) is 23.8 Å². The number of guanidine groups is 1. The highest BCUT2D eigenvalue weighted by molar-refractivity contribution is 6.10. The quantitative estimate of drug-likeness (QED) is 0.856. The predicted octanol–water partition coefficient (Wildman–Crippen LogP) is 2.56. The van der Waals surface area contributed by atoms with Crippen molar-refractivity contribution in [2.75, 3.05) is 7.05 Å². The zero-order chi connectivity index (χ0) is 19.8. The number of benzene rings is 1. The molecule has 0 radical (unpaired) electrons. The molecule has 4 N–H and O–H groups in total. The summed E-state index contributed by atoms with van der Waals surface area (Å²) in [5, 5.41) is 0. The summed E-state index contributed by atoms with van der Waals surface area (Å²) in [7, 11) is 1.62. The highest BCUT2D eigenvalue weighted by atomic mass is 16.5. The molecule has 1 amide bonds. The van der Waals surface area contributed by atoms with Crippen LogP contribution in [0.25, 0.3) is 0 Å². The minimum Gasteiger partial charge on any atom is -0.455 e. The van der Waals surface area contributed by atoms with Gasteiger partial charge in [-0.25, -0.2) is 4.99 Å². The molecule has 1 unspecified atom stereocenters. The molecule has 1 aromatic carbocycles. The molecule has 27 heavy (non-hydrogen) atoms. The lowest BCUT2D eigenvalue weighted by Crippen LogP contribution is -2.44. The number of nitrogens with two attached hydrogens (primary N) is 2. The summed E-state index contributed by atoms with van der Waals surface area (Å²) in [4.78, 5) is 19.3. The van der Waals surface area contributed by atoms with E-state index in [-0.39, 0.29) is 11.9 Å². The fraction of sp³-hybridized carbons (Fsp3) is 0.333. The summed E-state index contributed by atoms with van der Waals surface area (Å²) in [5.74, 6) is 1.44. The normalized spacial score (nSPS) is 24.5. The van der Waals surface area contributed by atoms with E-state index in [0.29, 0.717) is 28.6 Å². The zero-order valence-electron chi connectivity index (χ0n) is 16.0. The maximum Gasteiger partial charge on any atom is 0.266 e. The van der Waals surface area contributed by atoms with Gasteiger partial charge >= 0.3 is 0 Å². The molecule has 1 aromatic rings. The van der Waals surface area contributed by atoms with Crippen molar-refractivity contribution in [1.29, 1.82) is 0 Å². The van der Waals surface area contributed by atoms with Crippen molar-refractivity contribution in [2.45, 2.75) is 32.2 Å². The minimum absolute atomic E-state index is 0.159. The molecule has 0 fully saturated rings. The van der Waals surface area contributed by atoms with Crippen molar-refractivity contribution >= 4 is 11.9 Å². The largest absolute Gasteiger partial charge is 0.455 e. The first-order valence-electron chi connectivity index (χ1n) is 9.05. The maximum absolute atomic E-state index is 13.3. The Morgan fingerprint density at radius 1 is 1.41 bits per heavy atom. The van der Waals surface area contributed by atoms with Crippen LogP contribution < -0.4 is 16.2 Å². The summed E-state index contributed by atoms with van der Waals surface area (Å²) in [6.45, 7) is 8.13. The number of ether oxygens (including phenoxy) is 1. The first-order chi connectivity index (χ1) is 12.8. The van der Waals surface area contributed by atoms with Gasteiger partial charge in [0.05, 0.1) is 0 Å². The number of amides is 1. The molecule has 0 saturated heterocycles. The van der Waals surface area contributed by atoms with E-state index < -0.39 is 5.54 Å². The Morgan fingerprint density at radius 2 is 2.15 bits per heavy atom. The molecular weight excluding hydrogens is 340 g/mol. The molecule has 0 aromatic heterocycles. The summed E-state index contributed by atoms with van der Waals surface area (Å²) in [5.41, 5.74) is 12.8. The fourth-order valence-corrected chi connectivity index (χ4v) is 3.49. The Balaban J connectivity index is 2.25. The lowest BCUT2D eigenvalue weighted by atomic mass is 9.78. The van der Waals surface area contributed by atoms with Gasteiger partial charge in [-0.05, 0) is 36.5 Å². The Hall–Kier alpha value is -3.02. The highest BCUT2D eigenvalue weighted by Gasteiger charge is 2.55. The van der Waals surface area contributed by atoms with Gasteiger partial charge < -0.3 is 16.2 Å². The first-order valence-corrected chi connectivity index (χ1v) is 9.05. The summed E-state index contributed by atoms with van der Waals surface area (Å²) in [6, 6.07) is 5.88. The number of fused-ring (bicyclic) bond motifs is 2. The van der Waals surface area contributed by atoms with Gasteiger partial charge in [0.15, 0.2) is 5.96 Å². The van der Waals surface area contributed by atoms with Crippen molar-refractivity contribution in [3.05, 3.63) is 65.6 Å². The van der Waals surface area contributed by atoms with Gasteiger partial charge in [-0.3, -0.25) is 9.69 Å². The smallest absolute Gasteiger partial charge is 0.266 e. The van der Waals surface area contributed by atoms with Gasteiger partial charge in [0.1, 0.15) is 11.5 Å². The van der Waals surface area contributed by atoms with Crippen LogP contribution >= 0.6 is 0 Å². The number of aryl methyl sites for hydroxylation is 1. The molecule has 0 aliphatic carbocycles. The van der Waals surface area contributed by atoms with Crippen LogP contribution in [0.2, 0.25) is 0 Å². The van der Waals surface area contributed by atoms with Crippen molar-refractivity contribution < 1.29 is 9.53 Å². The van der Waals surface area contributed by atoms with Gasteiger partial charge in [-0.1, -0.05) is 38.6 Å². The van der Waals surface area contributed by atoms with Crippen molar-refractivity contribution in [3.8, 4) is 5.75 Å². The number of carbonyl (C=O) groups excluding carboxylic acids is 1. The number of allylic oxidation sites excluding steroid dienone is 2. The van der Waals surface area contributed by atoms with Gasteiger partial charge in [0.2, 0.25) is 5.54 Å². The number of rotatable bonds is 4. The molecule has 3 rings (SSSR count). The first kappa shape index (κ1) is 18.8. The van der Waals surface area contributed by atoms with E-state index in [1.807, 2.05) is 18.2 Å². The van der Waals surface area contributed by atoms with Crippen molar-refractivity contribution in [2.24, 2.45) is 22.4 Å². The minimum atomic E-state index is -1.31. The number of aliphatic imine (C=N–C) groups is 1. The standard InChI is InChI=1S/C21H26N4O2/c1-5-6-15-18(12-22)27-17-10-9-14(8-7-13(2)3)11-16(17)21(15)19(26)25(4)20(23)24-21/h5-6,9-13H,1,7-8,22H2,2-4H3,(H2,23,24)/b15-6+,18-12+. The molecule has 2 heterocycles. The highest BCUT2D eigenvalue weighted by Crippen LogP contribution is 2.50. The van der Waals surface area contributed by atoms with E-state index in [4.69, 9.17) is 16.2 Å². The van der Waals surface area contributed by atoms with E-state index in [1.165, 1.54) is 11.1 Å². The Kier molecular flexibility index (Phi) is 4.83. The summed E-state index contributed by atoms with van der Waals surface area (Å²) < 4.78 is 5.97. The third-order valence-electron chi connectivity index (χ3n) is 5.00. The number of carbonyl (C=O) groups is 1. The number of nitrogens with zero attached hydrogens (tertiary/aromatic N) is 2. The SMILES string of the molecule is C=C/C=C1\C(=C/N)Oc2ccc(CCC(C)C)cc2C12N=C(N)N(C)C2=O. The summed E-state index contributed by atoms with van der Waals surface area (Å²) in [6.07, 6.45) is 6.59. The van der Waals surface area contributed by atoms with Crippen LogP contribution in [0.5, 0.6) is 5.75 Å². The van der Waals surface area contributed by atoms with Crippen LogP contribution in [0.3, 0.4) is 0 Å². The average Bonchev–Trinajstić information content (AvgIpc) is 2.87. The van der Waals surface area contributed by atoms with Gasteiger partial charge in [-0.2, -0.15) is 0 Å². The second kappa shape index (κ2) is 6.95. The Labute approximate surface area is 159 Å². The van der Waals surface area contributed by atoms with Gasteiger partial charge in [0.25, 0.3) is 5.91 Å². The molecule has 2 aliphatic heterocycles. The molecule has 0 bridgehead atoms. The molecule has 1 atom stereocenters. The molecular formula is C21H26N4O2. The van der Waals surface area contributed by atoms with E-state index in [2.05, 4.69) is 25.4 Å². The van der Waals surface area contributed by atoms with Crippen LogP contribution in [0, 0.1) is 5.92 Å². The average molecular weight is 366 g/mol. The predicted molar refractivity (Wildman–Crippen MR) is 107 cm³/mol. The number of hydrogen-bond donors (Lipinski definition) is 2. The van der Waals surface area contributed by atoms with E-state index >= 15 is 0 Å². The van der Waals surface area contributed by atoms with Crippen LogP contribution in [0.1, 0.15) is 31.4 Å². The number of hydrogen-bond acceptors (Lipinski definition) is 5. The fourth-order valence-electron chi connectivity index (χ4n) is 3.49. The molecule has 142 valence electrons. The molecule has 2 aliphatic rings. The van der Waals surface area contributed by atoms with E-state index in [0.717, 1.165) is 18.4 Å². The maximum atomic E-state index is 13.3. The third-order valence-corrected chi connectivity index (χ3v) is 5.00. The van der Waals surface area contributed by atoms with Crippen LogP contribution in [-0.2, 0) is 16.8 Å². The third kappa shape index (κ3) is 2.91. The zero-order valence-corrected chi connectivity index (χ0v) is 16.0. The van der Waals surface area contributed by atoms with Crippen molar-refractivity contribution in [3.63, 3.8) is 0 Å². The second-order valence-electron chi connectivity index (χ2n) is 7.26. The van der Waals surface area contributed by atoms with E-state index in [9.17, 15) is 4.79 Å². The van der Waals surface area contributed by atoms with Gasteiger partial charge in [0, 0.05) is 24.4 Å². The monoisotopic (exact) mass is 366 g/mol. The van der Waals surface area contributed by atoms with Crippen LogP contribution in [0.4, 0.5) is 0 Å².